The standard InChI is InChI=1S/C19H26N2O3/c1-3-14-13-16(7-8-17(14)24-2)19(23)21-10-4-9-20(11-12-21)18(22)15-5-6-15/h7-8,13,15H,3-6,9-12H2,1-2H3. The van der Waals surface area contributed by atoms with Crippen LogP contribution in [-0.4, -0.2) is 54.9 Å². The maximum Gasteiger partial charge on any atom is 0.253 e. The molecule has 5 heteroatoms. The van der Waals surface area contributed by atoms with Crippen LogP contribution in [0, 0.1) is 5.92 Å². The Kier molecular flexibility index (Phi) is 5.07. The Bertz CT molecular complexity index is 625. The van der Waals surface area contributed by atoms with Crippen LogP contribution in [0.5, 0.6) is 5.75 Å². The van der Waals surface area contributed by atoms with Crippen molar-refractivity contribution < 1.29 is 14.3 Å². The number of nitrogens with zero attached hydrogens (tertiary/aromatic N) is 2. The summed E-state index contributed by atoms with van der Waals surface area (Å²) in [5.41, 5.74) is 1.75. The van der Waals surface area contributed by atoms with E-state index in [-0.39, 0.29) is 17.7 Å². The molecule has 2 aliphatic rings. The van der Waals surface area contributed by atoms with Gasteiger partial charge in [-0.1, -0.05) is 6.92 Å². The number of rotatable bonds is 4. The Morgan fingerprint density at radius 2 is 1.83 bits per heavy atom. The van der Waals surface area contributed by atoms with E-state index in [9.17, 15) is 9.59 Å². The van der Waals surface area contributed by atoms with Crippen molar-refractivity contribution in [1.82, 2.24) is 9.80 Å². The van der Waals surface area contributed by atoms with Gasteiger partial charge in [-0.25, -0.2) is 0 Å². The lowest BCUT2D eigenvalue weighted by Gasteiger charge is -2.22. The lowest BCUT2D eigenvalue weighted by Crippen LogP contribution is -2.38. The molecular formula is C19H26N2O3. The third kappa shape index (κ3) is 3.55. The summed E-state index contributed by atoms with van der Waals surface area (Å²) in [5, 5.41) is 0. The van der Waals surface area contributed by atoms with E-state index < -0.39 is 0 Å². The van der Waals surface area contributed by atoms with Gasteiger partial charge in [-0.05, 0) is 49.4 Å². The normalized spacial score (nSPS) is 18.2. The summed E-state index contributed by atoms with van der Waals surface area (Å²) in [7, 11) is 1.65. The SMILES string of the molecule is CCc1cc(C(=O)N2CCCN(C(=O)C3CC3)CC2)ccc1OC. The molecule has 1 aromatic rings. The Balaban J connectivity index is 1.67. The molecule has 1 aliphatic heterocycles. The minimum Gasteiger partial charge on any atom is -0.496 e. The molecule has 0 aromatic heterocycles. The summed E-state index contributed by atoms with van der Waals surface area (Å²) >= 11 is 0. The molecule has 1 aromatic carbocycles. The number of methoxy groups -OCH3 is 1. The van der Waals surface area contributed by atoms with Crippen LogP contribution in [-0.2, 0) is 11.2 Å². The molecule has 0 atom stereocenters. The largest absolute Gasteiger partial charge is 0.496 e. The van der Waals surface area contributed by atoms with Crippen molar-refractivity contribution in [3.8, 4) is 5.75 Å². The molecule has 2 fully saturated rings. The topological polar surface area (TPSA) is 49.9 Å². The van der Waals surface area contributed by atoms with E-state index in [1.165, 1.54) is 0 Å². The van der Waals surface area contributed by atoms with Crippen LogP contribution >= 0.6 is 0 Å². The first-order valence-electron chi connectivity index (χ1n) is 8.89. The zero-order valence-electron chi connectivity index (χ0n) is 14.6. The minimum absolute atomic E-state index is 0.0491. The van der Waals surface area contributed by atoms with Crippen LogP contribution in [0.4, 0.5) is 0 Å². The fraction of sp³-hybridized carbons (Fsp3) is 0.579. The van der Waals surface area contributed by atoms with Crippen LogP contribution in [0.2, 0.25) is 0 Å². The predicted molar refractivity (Wildman–Crippen MR) is 92.2 cm³/mol. The second-order valence-electron chi connectivity index (χ2n) is 6.63. The summed E-state index contributed by atoms with van der Waals surface area (Å²) in [6.07, 6.45) is 3.74. The number of hydrogen-bond acceptors (Lipinski definition) is 3. The van der Waals surface area contributed by atoms with Gasteiger partial charge in [0.1, 0.15) is 5.75 Å². The number of carbonyl (C=O) groups excluding carboxylic acids is 2. The maximum absolute atomic E-state index is 12.8. The van der Waals surface area contributed by atoms with Gasteiger partial charge >= 0.3 is 0 Å². The van der Waals surface area contributed by atoms with Gasteiger partial charge in [0.25, 0.3) is 5.91 Å². The molecule has 24 heavy (non-hydrogen) atoms. The van der Waals surface area contributed by atoms with Crippen LogP contribution in [0.1, 0.15) is 42.1 Å². The van der Waals surface area contributed by atoms with Crippen molar-refractivity contribution in [3.63, 3.8) is 0 Å². The molecule has 0 spiro atoms. The molecule has 5 nitrogen and oxygen atoms in total. The lowest BCUT2D eigenvalue weighted by molar-refractivity contribution is -0.132. The van der Waals surface area contributed by atoms with Crippen molar-refractivity contribution in [3.05, 3.63) is 29.3 Å². The van der Waals surface area contributed by atoms with Crippen molar-refractivity contribution in [1.29, 1.82) is 0 Å². The zero-order valence-corrected chi connectivity index (χ0v) is 14.6. The number of benzene rings is 1. The second kappa shape index (κ2) is 7.24. The molecule has 1 heterocycles. The van der Waals surface area contributed by atoms with E-state index >= 15 is 0 Å². The Hall–Kier alpha value is -2.04. The minimum atomic E-state index is 0.0491. The highest BCUT2D eigenvalue weighted by Crippen LogP contribution is 2.31. The van der Waals surface area contributed by atoms with Gasteiger partial charge in [0.15, 0.2) is 0 Å². The van der Waals surface area contributed by atoms with Crippen LogP contribution in [0.25, 0.3) is 0 Å². The highest BCUT2D eigenvalue weighted by Gasteiger charge is 2.34. The lowest BCUT2D eigenvalue weighted by atomic mass is 10.1. The van der Waals surface area contributed by atoms with Crippen LogP contribution < -0.4 is 4.74 Å². The third-order valence-corrected chi connectivity index (χ3v) is 4.93. The van der Waals surface area contributed by atoms with Crippen LogP contribution in [0.3, 0.4) is 0 Å². The summed E-state index contributed by atoms with van der Waals surface area (Å²) in [6, 6.07) is 5.63. The first-order valence-corrected chi connectivity index (χ1v) is 8.89. The van der Waals surface area contributed by atoms with Crippen molar-refractivity contribution >= 4 is 11.8 Å². The first-order chi connectivity index (χ1) is 11.6. The van der Waals surface area contributed by atoms with Crippen molar-refractivity contribution in [2.75, 3.05) is 33.3 Å². The molecule has 1 saturated heterocycles. The van der Waals surface area contributed by atoms with Gasteiger partial charge in [-0.15, -0.1) is 0 Å². The number of carbonyl (C=O) groups is 2. The van der Waals surface area contributed by atoms with E-state index in [2.05, 4.69) is 6.92 Å². The molecule has 1 saturated carbocycles. The zero-order chi connectivity index (χ0) is 17.1. The molecule has 1 aliphatic carbocycles. The molecule has 0 radical (unpaired) electrons. The van der Waals surface area contributed by atoms with Gasteiger partial charge < -0.3 is 14.5 Å². The van der Waals surface area contributed by atoms with E-state index in [0.29, 0.717) is 25.2 Å². The predicted octanol–water partition coefficient (Wildman–Crippen LogP) is 2.34. The Labute approximate surface area is 143 Å². The molecule has 0 N–H and O–H groups in total. The summed E-state index contributed by atoms with van der Waals surface area (Å²) in [6.45, 7) is 4.80. The fourth-order valence-corrected chi connectivity index (χ4v) is 3.30. The third-order valence-electron chi connectivity index (χ3n) is 4.93. The van der Waals surface area contributed by atoms with E-state index in [1.54, 1.807) is 7.11 Å². The number of ether oxygens (including phenoxy) is 1. The average Bonchev–Trinajstić information content (AvgIpc) is 3.46. The second-order valence-corrected chi connectivity index (χ2v) is 6.63. The van der Waals surface area contributed by atoms with E-state index in [4.69, 9.17) is 4.74 Å². The summed E-state index contributed by atoms with van der Waals surface area (Å²) in [4.78, 5) is 28.9. The van der Waals surface area contributed by atoms with Gasteiger partial charge in [0, 0.05) is 37.7 Å². The van der Waals surface area contributed by atoms with Gasteiger partial charge in [-0.2, -0.15) is 0 Å². The molecule has 2 amide bonds. The van der Waals surface area contributed by atoms with Gasteiger partial charge in [0.05, 0.1) is 7.11 Å². The molecular weight excluding hydrogens is 304 g/mol. The molecule has 130 valence electrons. The Morgan fingerprint density at radius 1 is 1.12 bits per heavy atom. The highest BCUT2D eigenvalue weighted by atomic mass is 16.5. The van der Waals surface area contributed by atoms with Crippen molar-refractivity contribution in [2.45, 2.75) is 32.6 Å². The molecule has 0 unspecified atom stereocenters. The summed E-state index contributed by atoms with van der Waals surface area (Å²) in [5.74, 6) is 1.40. The maximum atomic E-state index is 12.8. The first kappa shape index (κ1) is 16.8. The average molecular weight is 330 g/mol. The summed E-state index contributed by atoms with van der Waals surface area (Å²) < 4.78 is 5.34. The number of aryl methyl sites for hydroxylation is 1. The number of hydrogen-bond donors (Lipinski definition) is 0. The van der Waals surface area contributed by atoms with Crippen LogP contribution in [0.15, 0.2) is 18.2 Å². The van der Waals surface area contributed by atoms with Crippen molar-refractivity contribution in [2.24, 2.45) is 5.92 Å². The van der Waals surface area contributed by atoms with E-state index in [1.807, 2.05) is 28.0 Å². The van der Waals surface area contributed by atoms with Gasteiger partial charge in [0.2, 0.25) is 5.91 Å². The quantitative estimate of drug-likeness (QED) is 0.851. The Morgan fingerprint density at radius 3 is 2.50 bits per heavy atom. The fourth-order valence-electron chi connectivity index (χ4n) is 3.30. The van der Waals surface area contributed by atoms with Gasteiger partial charge in [-0.3, -0.25) is 9.59 Å². The van der Waals surface area contributed by atoms with E-state index in [0.717, 1.165) is 43.5 Å². The smallest absolute Gasteiger partial charge is 0.253 e. The highest BCUT2D eigenvalue weighted by molar-refractivity contribution is 5.94. The molecule has 3 rings (SSSR count). The monoisotopic (exact) mass is 330 g/mol. The molecule has 0 bridgehead atoms. The number of amides is 2.